The summed E-state index contributed by atoms with van der Waals surface area (Å²) in [5.74, 6) is 1.37. The zero-order valence-corrected chi connectivity index (χ0v) is 15.3. The quantitative estimate of drug-likeness (QED) is 0.664. The second-order valence-corrected chi connectivity index (χ2v) is 6.44. The van der Waals surface area contributed by atoms with Crippen molar-refractivity contribution in [3.05, 3.63) is 88.7 Å². The minimum Gasteiger partial charge on any atom is -0.493 e. The number of pyridine rings is 1. The van der Waals surface area contributed by atoms with Crippen molar-refractivity contribution >= 4 is 11.6 Å². The summed E-state index contributed by atoms with van der Waals surface area (Å²) in [7, 11) is 1.63. The Morgan fingerprint density at radius 3 is 2.65 bits per heavy atom. The van der Waals surface area contributed by atoms with Gasteiger partial charge in [0.25, 0.3) is 0 Å². The third kappa shape index (κ3) is 4.75. The molecule has 4 nitrogen and oxygen atoms in total. The van der Waals surface area contributed by atoms with Crippen molar-refractivity contribution in [2.45, 2.75) is 19.1 Å². The first-order valence-corrected chi connectivity index (χ1v) is 8.73. The maximum absolute atomic E-state index is 6.28. The van der Waals surface area contributed by atoms with Gasteiger partial charge in [0, 0.05) is 23.5 Å². The van der Waals surface area contributed by atoms with Gasteiger partial charge >= 0.3 is 0 Å². The molecule has 3 aromatic rings. The third-order valence-electron chi connectivity index (χ3n) is 4.08. The Morgan fingerprint density at radius 1 is 1.04 bits per heavy atom. The van der Waals surface area contributed by atoms with E-state index in [2.05, 4.69) is 4.98 Å². The van der Waals surface area contributed by atoms with Crippen LogP contribution in [-0.2, 0) is 13.0 Å². The number of benzene rings is 2. The fraction of sp³-hybridized carbons (Fsp3) is 0.190. The van der Waals surface area contributed by atoms with Crippen LogP contribution in [0.5, 0.6) is 11.5 Å². The van der Waals surface area contributed by atoms with Crippen LogP contribution in [0, 0.1) is 0 Å². The SMILES string of the molecule is COc1cc(CC(N)c2cccnc2)ccc1OCc1cccc(Cl)c1. The molecular formula is C21H21ClN2O2. The topological polar surface area (TPSA) is 57.4 Å². The van der Waals surface area contributed by atoms with E-state index in [-0.39, 0.29) is 6.04 Å². The normalized spacial score (nSPS) is 11.8. The van der Waals surface area contributed by atoms with Gasteiger partial charge in [0.2, 0.25) is 0 Å². The van der Waals surface area contributed by atoms with E-state index in [4.69, 9.17) is 26.8 Å². The molecule has 0 aliphatic rings. The first-order chi connectivity index (χ1) is 12.7. The highest BCUT2D eigenvalue weighted by Crippen LogP contribution is 2.30. The molecule has 1 heterocycles. The molecule has 1 unspecified atom stereocenters. The Morgan fingerprint density at radius 2 is 1.92 bits per heavy atom. The number of halogens is 1. The van der Waals surface area contributed by atoms with E-state index in [0.29, 0.717) is 29.5 Å². The fourth-order valence-electron chi connectivity index (χ4n) is 2.71. The molecule has 2 N–H and O–H groups in total. The molecule has 0 saturated heterocycles. The van der Waals surface area contributed by atoms with Crippen molar-refractivity contribution in [1.82, 2.24) is 4.98 Å². The van der Waals surface area contributed by atoms with Crippen molar-refractivity contribution in [3.8, 4) is 11.5 Å². The Bertz CT molecular complexity index is 856. The van der Waals surface area contributed by atoms with Crippen LogP contribution in [0.3, 0.4) is 0 Å². The predicted molar refractivity (Wildman–Crippen MR) is 104 cm³/mol. The lowest BCUT2D eigenvalue weighted by Crippen LogP contribution is -2.13. The molecule has 134 valence electrons. The Balaban J connectivity index is 1.69. The van der Waals surface area contributed by atoms with Crippen LogP contribution in [0.4, 0.5) is 0 Å². The molecule has 3 rings (SSSR count). The standard InChI is InChI=1S/C21H21ClN2O2/c1-25-21-12-15(11-19(23)17-5-3-9-24-13-17)7-8-20(21)26-14-16-4-2-6-18(22)10-16/h2-10,12-13,19H,11,14,23H2,1H3. The van der Waals surface area contributed by atoms with Gasteiger partial charge in [-0.2, -0.15) is 0 Å². The highest BCUT2D eigenvalue weighted by Gasteiger charge is 2.11. The van der Waals surface area contributed by atoms with Crippen molar-refractivity contribution in [1.29, 1.82) is 0 Å². The number of methoxy groups -OCH3 is 1. The van der Waals surface area contributed by atoms with Gasteiger partial charge in [0.1, 0.15) is 6.61 Å². The first kappa shape index (κ1) is 18.2. The summed E-state index contributed by atoms with van der Waals surface area (Å²) in [6.07, 6.45) is 4.23. The van der Waals surface area contributed by atoms with Crippen LogP contribution in [0.15, 0.2) is 67.0 Å². The summed E-state index contributed by atoms with van der Waals surface area (Å²) in [5.41, 5.74) is 9.37. The highest BCUT2D eigenvalue weighted by molar-refractivity contribution is 6.30. The monoisotopic (exact) mass is 368 g/mol. The maximum atomic E-state index is 6.28. The molecule has 0 aliphatic carbocycles. The van der Waals surface area contributed by atoms with E-state index in [1.807, 2.05) is 54.6 Å². The summed E-state index contributed by atoms with van der Waals surface area (Å²) >= 11 is 6.01. The number of nitrogens with zero attached hydrogens (tertiary/aromatic N) is 1. The molecule has 0 saturated carbocycles. The van der Waals surface area contributed by atoms with Crippen LogP contribution in [-0.4, -0.2) is 12.1 Å². The number of hydrogen-bond acceptors (Lipinski definition) is 4. The Kier molecular flexibility index (Phi) is 6.10. The molecule has 0 aliphatic heterocycles. The second-order valence-electron chi connectivity index (χ2n) is 6.00. The third-order valence-corrected chi connectivity index (χ3v) is 4.31. The number of nitrogens with two attached hydrogens (primary N) is 1. The van der Waals surface area contributed by atoms with Crippen LogP contribution in [0.2, 0.25) is 5.02 Å². The smallest absolute Gasteiger partial charge is 0.161 e. The van der Waals surface area contributed by atoms with Crippen LogP contribution in [0.1, 0.15) is 22.7 Å². The first-order valence-electron chi connectivity index (χ1n) is 8.35. The minimum atomic E-state index is -0.119. The largest absolute Gasteiger partial charge is 0.493 e. The molecule has 5 heteroatoms. The summed E-state index contributed by atoms with van der Waals surface area (Å²) in [4.78, 5) is 4.12. The fourth-order valence-corrected chi connectivity index (χ4v) is 2.93. The van der Waals surface area contributed by atoms with Crippen molar-refractivity contribution in [3.63, 3.8) is 0 Å². The molecule has 0 spiro atoms. The Labute approximate surface area is 158 Å². The molecule has 2 aromatic carbocycles. The van der Waals surface area contributed by atoms with E-state index in [1.54, 1.807) is 19.5 Å². The van der Waals surface area contributed by atoms with Gasteiger partial charge in [0.15, 0.2) is 11.5 Å². The average Bonchev–Trinajstić information content (AvgIpc) is 2.67. The summed E-state index contributed by atoms with van der Waals surface area (Å²) in [6.45, 7) is 0.422. The lowest BCUT2D eigenvalue weighted by atomic mass is 10.0. The van der Waals surface area contributed by atoms with Gasteiger partial charge in [-0.25, -0.2) is 0 Å². The predicted octanol–water partition coefficient (Wildman–Crippen LogP) is 4.57. The lowest BCUT2D eigenvalue weighted by Gasteiger charge is -2.15. The van der Waals surface area contributed by atoms with Gasteiger partial charge in [-0.3, -0.25) is 4.98 Å². The lowest BCUT2D eigenvalue weighted by molar-refractivity contribution is 0.284. The summed E-state index contributed by atoms with van der Waals surface area (Å²) in [6, 6.07) is 17.2. The van der Waals surface area contributed by atoms with E-state index >= 15 is 0 Å². The zero-order chi connectivity index (χ0) is 18.4. The van der Waals surface area contributed by atoms with Crippen LogP contribution in [0.25, 0.3) is 0 Å². The molecular weight excluding hydrogens is 348 g/mol. The van der Waals surface area contributed by atoms with Crippen LogP contribution < -0.4 is 15.2 Å². The van der Waals surface area contributed by atoms with Gasteiger partial charge in [-0.15, -0.1) is 0 Å². The van der Waals surface area contributed by atoms with Gasteiger partial charge < -0.3 is 15.2 Å². The molecule has 0 bridgehead atoms. The molecule has 26 heavy (non-hydrogen) atoms. The Hall–Kier alpha value is -2.56. The average molecular weight is 369 g/mol. The number of hydrogen-bond donors (Lipinski definition) is 1. The van der Waals surface area contributed by atoms with E-state index in [0.717, 1.165) is 16.7 Å². The molecule has 0 amide bonds. The highest BCUT2D eigenvalue weighted by atomic mass is 35.5. The van der Waals surface area contributed by atoms with Crippen molar-refractivity contribution in [2.24, 2.45) is 5.73 Å². The summed E-state index contributed by atoms with van der Waals surface area (Å²) in [5, 5.41) is 0.692. The van der Waals surface area contributed by atoms with E-state index < -0.39 is 0 Å². The molecule has 1 aromatic heterocycles. The molecule has 0 fully saturated rings. The number of aromatic nitrogens is 1. The van der Waals surface area contributed by atoms with E-state index in [9.17, 15) is 0 Å². The van der Waals surface area contributed by atoms with Crippen LogP contribution >= 0.6 is 11.6 Å². The van der Waals surface area contributed by atoms with E-state index in [1.165, 1.54) is 0 Å². The van der Waals surface area contributed by atoms with Gasteiger partial charge in [0.05, 0.1) is 7.11 Å². The number of rotatable bonds is 7. The zero-order valence-electron chi connectivity index (χ0n) is 14.6. The number of ether oxygens (including phenoxy) is 2. The van der Waals surface area contributed by atoms with Gasteiger partial charge in [-0.05, 0) is 53.4 Å². The van der Waals surface area contributed by atoms with Crippen molar-refractivity contribution in [2.75, 3.05) is 7.11 Å². The molecule has 1 atom stereocenters. The molecule has 0 radical (unpaired) electrons. The van der Waals surface area contributed by atoms with Gasteiger partial charge in [-0.1, -0.05) is 35.9 Å². The summed E-state index contributed by atoms with van der Waals surface area (Å²) < 4.78 is 11.4. The van der Waals surface area contributed by atoms with Crippen molar-refractivity contribution < 1.29 is 9.47 Å². The second kappa shape index (κ2) is 8.70. The maximum Gasteiger partial charge on any atom is 0.161 e. The minimum absolute atomic E-state index is 0.119.